The van der Waals surface area contributed by atoms with Crippen molar-refractivity contribution < 1.29 is 19.4 Å². The van der Waals surface area contributed by atoms with E-state index in [0.717, 1.165) is 47.3 Å². The van der Waals surface area contributed by atoms with Crippen molar-refractivity contribution in [1.29, 1.82) is 0 Å². The first-order chi connectivity index (χ1) is 13.1. The minimum absolute atomic E-state index is 0.0748. The highest BCUT2D eigenvalue weighted by Crippen LogP contribution is 2.35. The number of fused-ring (bicyclic) bond motifs is 3. The first-order valence-electron chi connectivity index (χ1n) is 9.09. The van der Waals surface area contributed by atoms with Gasteiger partial charge in [-0.05, 0) is 37.0 Å². The van der Waals surface area contributed by atoms with Gasteiger partial charge in [-0.2, -0.15) is 5.10 Å². The highest BCUT2D eigenvalue weighted by Gasteiger charge is 2.33. The van der Waals surface area contributed by atoms with E-state index in [1.807, 2.05) is 18.2 Å². The van der Waals surface area contributed by atoms with E-state index in [4.69, 9.17) is 4.74 Å². The smallest absolute Gasteiger partial charge is 0.414 e. The van der Waals surface area contributed by atoms with E-state index in [1.165, 1.54) is 6.92 Å². The molecule has 0 saturated carbocycles. The van der Waals surface area contributed by atoms with E-state index >= 15 is 0 Å². The number of carbonyl (C=O) groups excluding carboxylic acids is 2. The normalized spacial score (nSPS) is 18.5. The Labute approximate surface area is 156 Å². The molecule has 1 aromatic carbocycles. The summed E-state index contributed by atoms with van der Waals surface area (Å²) in [5, 5.41) is 19.4. The second-order valence-electron chi connectivity index (χ2n) is 6.93. The van der Waals surface area contributed by atoms with Crippen LogP contribution in [0.15, 0.2) is 18.2 Å². The molecule has 142 valence electrons. The number of aryl methyl sites for hydroxylation is 1. The molecular weight excluding hydrogens is 348 g/mol. The zero-order valence-electron chi connectivity index (χ0n) is 15.1. The van der Waals surface area contributed by atoms with Crippen molar-refractivity contribution in [3.8, 4) is 11.3 Å². The Kier molecular flexibility index (Phi) is 4.57. The van der Waals surface area contributed by atoms with Crippen molar-refractivity contribution >= 4 is 17.7 Å². The maximum absolute atomic E-state index is 12.3. The van der Waals surface area contributed by atoms with Crippen molar-refractivity contribution in [3.05, 3.63) is 35.0 Å². The van der Waals surface area contributed by atoms with Gasteiger partial charge < -0.3 is 15.2 Å². The monoisotopic (exact) mass is 370 g/mol. The van der Waals surface area contributed by atoms with Crippen LogP contribution in [0.4, 0.5) is 10.5 Å². The van der Waals surface area contributed by atoms with Crippen LogP contribution in [0.3, 0.4) is 0 Å². The van der Waals surface area contributed by atoms with Crippen LogP contribution in [0, 0.1) is 0 Å². The minimum atomic E-state index is -0.399. The number of carbonyl (C=O) groups is 2. The van der Waals surface area contributed by atoms with Gasteiger partial charge in [-0.25, -0.2) is 4.79 Å². The standard InChI is InChI=1S/C19H22N4O4/c1-11(25)20-8-14-9-23(19(26)27-14)13-5-6-15-12(7-13)3-2-4-16-17(10-24)21-22-18(15)16/h5-7,14,24H,2-4,8-10H2,1H3,(H,20,25)(H,21,22). The predicted molar refractivity (Wildman–Crippen MR) is 98.3 cm³/mol. The molecule has 0 radical (unpaired) electrons. The second kappa shape index (κ2) is 7.03. The molecule has 1 atom stereocenters. The zero-order valence-corrected chi connectivity index (χ0v) is 15.1. The number of hydrogen-bond acceptors (Lipinski definition) is 5. The second-order valence-corrected chi connectivity index (χ2v) is 6.93. The van der Waals surface area contributed by atoms with Crippen LogP contribution < -0.4 is 10.2 Å². The van der Waals surface area contributed by atoms with Gasteiger partial charge in [0.2, 0.25) is 5.91 Å². The molecule has 8 heteroatoms. The lowest BCUT2D eigenvalue weighted by atomic mass is 10.0. The molecule has 1 unspecified atom stereocenters. The third-order valence-electron chi connectivity index (χ3n) is 5.10. The predicted octanol–water partition coefficient (Wildman–Crippen LogP) is 1.52. The SMILES string of the molecule is CC(=O)NCC1CN(c2ccc3c(c2)CCCc2c(CO)n[nH]c2-3)C(=O)O1. The Morgan fingerprint density at radius 3 is 3.07 bits per heavy atom. The van der Waals surface area contributed by atoms with Gasteiger partial charge in [0.25, 0.3) is 0 Å². The number of nitrogens with zero attached hydrogens (tertiary/aromatic N) is 2. The molecular formula is C19H22N4O4. The van der Waals surface area contributed by atoms with E-state index in [2.05, 4.69) is 15.5 Å². The van der Waals surface area contributed by atoms with Gasteiger partial charge in [-0.3, -0.25) is 14.8 Å². The summed E-state index contributed by atoms with van der Waals surface area (Å²) in [5.74, 6) is -0.146. The molecule has 1 aliphatic heterocycles. The molecule has 2 aliphatic rings. The molecule has 27 heavy (non-hydrogen) atoms. The average Bonchev–Trinajstić information content (AvgIpc) is 3.18. The highest BCUT2D eigenvalue weighted by molar-refractivity contribution is 5.90. The summed E-state index contributed by atoms with van der Waals surface area (Å²) in [6.07, 6.45) is 1.94. The fraction of sp³-hybridized carbons (Fsp3) is 0.421. The number of nitrogens with one attached hydrogen (secondary N) is 2. The highest BCUT2D eigenvalue weighted by atomic mass is 16.6. The van der Waals surface area contributed by atoms with Crippen molar-refractivity contribution in [2.45, 2.75) is 38.9 Å². The number of aliphatic hydroxyl groups excluding tert-OH is 1. The molecule has 1 aromatic heterocycles. The summed E-state index contributed by atoms with van der Waals surface area (Å²) < 4.78 is 5.35. The topological polar surface area (TPSA) is 108 Å². The summed E-state index contributed by atoms with van der Waals surface area (Å²) >= 11 is 0. The molecule has 3 N–H and O–H groups in total. The lowest BCUT2D eigenvalue weighted by Gasteiger charge is -2.16. The van der Waals surface area contributed by atoms with E-state index in [0.29, 0.717) is 18.8 Å². The molecule has 0 spiro atoms. The minimum Gasteiger partial charge on any atom is -0.442 e. The van der Waals surface area contributed by atoms with Crippen LogP contribution in [-0.4, -0.2) is 46.5 Å². The molecule has 1 saturated heterocycles. The van der Waals surface area contributed by atoms with E-state index < -0.39 is 6.09 Å². The van der Waals surface area contributed by atoms with Gasteiger partial charge in [0.05, 0.1) is 31.1 Å². The number of H-pyrrole nitrogens is 1. The number of amides is 2. The summed E-state index contributed by atoms with van der Waals surface area (Å²) in [6.45, 7) is 2.08. The Morgan fingerprint density at radius 1 is 1.44 bits per heavy atom. The quantitative estimate of drug-likeness (QED) is 0.756. The Hall–Kier alpha value is -2.87. The van der Waals surface area contributed by atoms with E-state index in [9.17, 15) is 14.7 Å². The summed E-state index contributed by atoms with van der Waals surface area (Å²) in [5.41, 5.74) is 5.70. The number of aliphatic hydroxyl groups is 1. The fourth-order valence-corrected chi connectivity index (χ4v) is 3.78. The average molecular weight is 370 g/mol. The number of anilines is 1. The molecule has 2 amide bonds. The lowest BCUT2D eigenvalue weighted by molar-refractivity contribution is -0.119. The van der Waals surface area contributed by atoms with Crippen LogP contribution in [0.25, 0.3) is 11.3 Å². The van der Waals surface area contributed by atoms with Gasteiger partial charge in [-0.15, -0.1) is 0 Å². The van der Waals surface area contributed by atoms with Crippen molar-refractivity contribution in [2.24, 2.45) is 0 Å². The third-order valence-corrected chi connectivity index (χ3v) is 5.10. The van der Waals surface area contributed by atoms with Gasteiger partial charge >= 0.3 is 6.09 Å². The molecule has 2 heterocycles. The van der Waals surface area contributed by atoms with Crippen molar-refractivity contribution in [1.82, 2.24) is 15.5 Å². The van der Waals surface area contributed by atoms with Crippen molar-refractivity contribution in [3.63, 3.8) is 0 Å². The van der Waals surface area contributed by atoms with Crippen LogP contribution in [0.5, 0.6) is 0 Å². The first-order valence-corrected chi connectivity index (χ1v) is 9.09. The number of cyclic esters (lactones) is 1. The van der Waals surface area contributed by atoms with Gasteiger partial charge in [0.15, 0.2) is 0 Å². The Balaban J connectivity index is 1.59. The van der Waals surface area contributed by atoms with Gasteiger partial charge in [0.1, 0.15) is 6.10 Å². The summed E-state index contributed by atoms with van der Waals surface area (Å²) in [6, 6.07) is 5.91. The lowest BCUT2D eigenvalue weighted by Crippen LogP contribution is -2.33. The largest absolute Gasteiger partial charge is 0.442 e. The molecule has 2 aromatic rings. The number of aromatic nitrogens is 2. The van der Waals surface area contributed by atoms with Gasteiger partial charge in [0, 0.05) is 23.7 Å². The molecule has 0 bridgehead atoms. The molecule has 1 aliphatic carbocycles. The fourth-order valence-electron chi connectivity index (χ4n) is 3.78. The first kappa shape index (κ1) is 17.5. The van der Waals surface area contributed by atoms with E-state index in [1.54, 1.807) is 4.90 Å². The molecule has 8 nitrogen and oxygen atoms in total. The summed E-state index contributed by atoms with van der Waals surface area (Å²) in [7, 11) is 0. The number of rotatable bonds is 4. The summed E-state index contributed by atoms with van der Waals surface area (Å²) in [4.78, 5) is 24.9. The number of ether oxygens (including phenoxy) is 1. The maximum atomic E-state index is 12.3. The number of hydrogen-bond donors (Lipinski definition) is 3. The van der Waals surface area contributed by atoms with Crippen LogP contribution in [0.2, 0.25) is 0 Å². The van der Waals surface area contributed by atoms with Crippen LogP contribution in [-0.2, 0) is 29.0 Å². The van der Waals surface area contributed by atoms with Gasteiger partial charge in [-0.1, -0.05) is 6.07 Å². The maximum Gasteiger partial charge on any atom is 0.414 e. The van der Waals surface area contributed by atoms with E-state index in [-0.39, 0.29) is 18.6 Å². The van der Waals surface area contributed by atoms with Crippen molar-refractivity contribution in [2.75, 3.05) is 18.0 Å². The molecule has 1 fully saturated rings. The Bertz CT molecular complexity index is 892. The number of aromatic amines is 1. The molecule has 4 rings (SSSR count). The van der Waals surface area contributed by atoms with Crippen LogP contribution >= 0.6 is 0 Å². The Morgan fingerprint density at radius 2 is 2.30 bits per heavy atom. The zero-order chi connectivity index (χ0) is 19.0. The van der Waals surface area contributed by atoms with Crippen LogP contribution in [0.1, 0.15) is 30.2 Å². The number of benzene rings is 1. The third kappa shape index (κ3) is 3.28.